The van der Waals surface area contributed by atoms with Gasteiger partial charge in [-0.2, -0.15) is 0 Å². The number of nitrogens with zero attached hydrogens (tertiary/aromatic N) is 1. The van der Waals surface area contributed by atoms with Gasteiger partial charge in [0.25, 0.3) is 0 Å². The summed E-state index contributed by atoms with van der Waals surface area (Å²) in [5, 5.41) is 0. The van der Waals surface area contributed by atoms with Crippen LogP contribution in [-0.4, -0.2) is 30.3 Å². The van der Waals surface area contributed by atoms with Gasteiger partial charge in [-0.3, -0.25) is 9.69 Å². The van der Waals surface area contributed by atoms with E-state index in [1.165, 1.54) is 37.7 Å². The Morgan fingerprint density at radius 1 is 1.15 bits per heavy atom. The van der Waals surface area contributed by atoms with Crippen LogP contribution in [0.1, 0.15) is 67.8 Å². The summed E-state index contributed by atoms with van der Waals surface area (Å²) in [7, 11) is 2.09. The van der Waals surface area contributed by atoms with E-state index in [0.717, 1.165) is 5.56 Å². The van der Waals surface area contributed by atoms with Crippen molar-refractivity contribution < 1.29 is 4.79 Å². The highest BCUT2D eigenvalue weighted by atomic mass is 16.1. The zero-order valence-electron chi connectivity index (χ0n) is 13.1. The molecule has 0 N–H and O–H groups in total. The monoisotopic (exact) mass is 273 g/mol. The zero-order chi connectivity index (χ0) is 14.5. The zero-order valence-corrected chi connectivity index (χ0v) is 13.1. The van der Waals surface area contributed by atoms with Crippen molar-refractivity contribution in [3.63, 3.8) is 0 Å². The van der Waals surface area contributed by atoms with E-state index in [-0.39, 0.29) is 5.78 Å². The second kappa shape index (κ2) is 7.03. The molecule has 20 heavy (non-hydrogen) atoms. The molecule has 0 spiro atoms. The number of carbonyl (C=O) groups is 1. The van der Waals surface area contributed by atoms with E-state index in [9.17, 15) is 4.79 Å². The maximum Gasteiger partial charge on any atom is 0.176 e. The fourth-order valence-corrected chi connectivity index (χ4v) is 3.02. The van der Waals surface area contributed by atoms with Crippen molar-refractivity contribution in [1.82, 2.24) is 4.90 Å². The minimum Gasteiger partial charge on any atom is -0.296 e. The number of hydrogen-bond acceptors (Lipinski definition) is 2. The van der Waals surface area contributed by atoms with Crippen LogP contribution >= 0.6 is 0 Å². The van der Waals surface area contributed by atoms with Gasteiger partial charge < -0.3 is 0 Å². The summed E-state index contributed by atoms with van der Waals surface area (Å²) in [5.74, 6) is 0.762. The lowest BCUT2D eigenvalue weighted by molar-refractivity contribution is 0.0899. The van der Waals surface area contributed by atoms with Gasteiger partial charge in [0.05, 0.1) is 6.54 Å². The van der Waals surface area contributed by atoms with E-state index in [2.05, 4.69) is 37.9 Å². The van der Waals surface area contributed by atoms with Crippen LogP contribution in [0.4, 0.5) is 0 Å². The number of ketones is 1. The quantitative estimate of drug-likeness (QED) is 0.747. The molecule has 0 heterocycles. The minimum absolute atomic E-state index is 0.244. The van der Waals surface area contributed by atoms with Gasteiger partial charge in [-0.25, -0.2) is 0 Å². The van der Waals surface area contributed by atoms with Crippen molar-refractivity contribution in [3.05, 3.63) is 35.4 Å². The molecular formula is C18H27NO. The van der Waals surface area contributed by atoms with E-state index in [1.807, 2.05) is 12.1 Å². The van der Waals surface area contributed by atoms with Crippen LogP contribution in [-0.2, 0) is 0 Å². The molecule has 1 aliphatic rings. The summed E-state index contributed by atoms with van der Waals surface area (Å²) in [5.41, 5.74) is 2.14. The average Bonchev–Trinajstić information content (AvgIpc) is 2.48. The summed E-state index contributed by atoms with van der Waals surface area (Å²) >= 11 is 0. The topological polar surface area (TPSA) is 20.3 Å². The Hall–Kier alpha value is -1.15. The molecule has 2 rings (SSSR count). The molecule has 0 unspecified atom stereocenters. The van der Waals surface area contributed by atoms with E-state index < -0.39 is 0 Å². The first-order valence-electron chi connectivity index (χ1n) is 7.91. The molecule has 0 aromatic heterocycles. The highest BCUT2D eigenvalue weighted by Gasteiger charge is 2.20. The second-order valence-corrected chi connectivity index (χ2v) is 6.41. The number of Topliss-reactive ketones (excluding diaryl/α,β-unsaturated/α-hetero) is 1. The number of benzene rings is 1. The lowest BCUT2D eigenvalue weighted by Gasteiger charge is -2.30. The van der Waals surface area contributed by atoms with Crippen LogP contribution in [0.25, 0.3) is 0 Å². The summed E-state index contributed by atoms with van der Waals surface area (Å²) in [6.07, 6.45) is 6.47. The van der Waals surface area contributed by atoms with Crippen molar-refractivity contribution in [3.8, 4) is 0 Å². The van der Waals surface area contributed by atoms with Gasteiger partial charge in [0, 0.05) is 11.6 Å². The molecule has 1 aliphatic carbocycles. The first-order valence-corrected chi connectivity index (χ1v) is 7.91. The molecular weight excluding hydrogens is 246 g/mol. The molecule has 0 aliphatic heterocycles. The molecule has 2 heteroatoms. The summed E-state index contributed by atoms with van der Waals surface area (Å²) in [6.45, 7) is 4.90. The maximum absolute atomic E-state index is 12.3. The smallest absolute Gasteiger partial charge is 0.176 e. The fraction of sp³-hybridized carbons (Fsp3) is 0.611. The summed E-state index contributed by atoms with van der Waals surface area (Å²) in [6, 6.07) is 8.72. The molecule has 0 saturated heterocycles. The Kier molecular flexibility index (Phi) is 5.36. The van der Waals surface area contributed by atoms with Crippen LogP contribution in [0, 0.1) is 0 Å². The highest BCUT2D eigenvalue weighted by molar-refractivity contribution is 5.97. The lowest BCUT2D eigenvalue weighted by atomic mass is 9.94. The van der Waals surface area contributed by atoms with E-state index in [0.29, 0.717) is 18.5 Å². The fourth-order valence-electron chi connectivity index (χ4n) is 3.02. The van der Waals surface area contributed by atoms with E-state index in [4.69, 9.17) is 0 Å². The maximum atomic E-state index is 12.3. The molecule has 2 nitrogen and oxygen atoms in total. The van der Waals surface area contributed by atoms with Gasteiger partial charge >= 0.3 is 0 Å². The van der Waals surface area contributed by atoms with Crippen molar-refractivity contribution in [2.45, 2.75) is 57.9 Å². The Labute approximate surface area is 123 Å². The summed E-state index contributed by atoms with van der Waals surface area (Å²) < 4.78 is 0. The Morgan fingerprint density at radius 3 is 2.30 bits per heavy atom. The van der Waals surface area contributed by atoms with Crippen LogP contribution in [0.15, 0.2) is 24.3 Å². The molecule has 1 aromatic carbocycles. The third-order valence-electron chi connectivity index (χ3n) is 4.49. The van der Waals surface area contributed by atoms with Crippen LogP contribution < -0.4 is 0 Å². The highest BCUT2D eigenvalue weighted by Crippen LogP contribution is 2.22. The summed E-state index contributed by atoms with van der Waals surface area (Å²) in [4.78, 5) is 14.6. The normalized spacial score (nSPS) is 16.9. The van der Waals surface area contributed by atoms with Crippen molar-refractivity contribution in [2.75, 3.05) is 13.6 Å². The van der Waals surface area contributed by atoms with Crippen LogP contribution in [0.2, 0.25) is 0 Å². The molecule has 0 amide bonds. The van der Waals surface area contributed by atoms with Gasteiger partial charge in [0.2, 0.25) is 0 Å². The van der Waals surface area contributed by atoms with Gasteiger partial charge in [0.15, 0.2) is 5.78 Å². The van der Waals surface area contributed by atoms with Gasteiger partial charge in [-0.1, -0.05) is 57.4 Å². The van der Waals surface area contributed by atoms with Crippen molar-refractivity contribution in [2.24, 2.45) is 0 Å². The second-order valence-electron chi connectivity index (χ2n) is 6.41. The van der Waals surface area contributed by atoms with E-state index >= 15 is 0 Å². The first kappa shape index (κ1) is 15.2. The Bertz CT molecular complexity index is 429. The predicted octanol–water partition coefficient (Wildman–Crippen LogP) is 4.26. The number of likely N-dealkylation sites (N-methyl/N-ethyl adjacent to an activating group) is 1. The number of carbonyl (C=O) groups excluding carboxylic acids is 1. The number of hydrogen-bond donors (Lipinski definition) is 0. The molecule has 110 valence electrons. The molecule has 0 atom stereocenters. The molecule has 0 bridgehead atoms. The average molecular weight is 273 g/mol. The van der Waals surface area contributed by atoms with Crippen molar-refractivity contribution in [1.29, 1.82) is 0 Å². The molecule has 1 saturated carbocycles. The van der Waals surface area contributed by atoms with Crippen LogP contribution in [0.5, 0.6) is 0 Å². The van der Waals surface area contributed by atoms with Crippen molar-refractivity contribution >= 4 is 5.78 Å². The standard InChI is InChI=1S/C18H27NO/c1-14(2)15-9-11-16(12-10-15)18(20)13-19(3)17-7-5-4-6-8-17/h9-12,14,17H,4-8,13H2,1-3H3. The van der Waals surface area contributed by atoms with E-state index in [1.54, 1.807) is 0 Å². The van der Waals surface area contributed by atoms with Gasteiger partial charge in [-0.15, -0.1) is 0 Å². The predicted molar refractivity (Wildman–Crippen MR) is 84.4 cm³/mol. The SMILES string of the molecule is CC(C)c1ccc(C(=O)CN(C)C2CCCCC2)cc1. The Morgan fingerprint density at radius 2 is 1.75 bits per heavy atom. The van der Waals surface area contributed by atoms with Gasteiger partial charge in [0.1, 0.15) is 0 Å². The molecule has 1 aromatic rings. The lowest BCUT2D eigenvalue weighted by Crippen LogP contribution is -2.37. The third-order valence-corrected chi connectivity index (χ3v) is 4.49. The van der Waals surface area contributed by atoms with Gasteiger partial charge in [-0.05, 0) is 31.4 Å². The first-order chi connectivity index (χ1) is 9.58. The third kappa shape index (κ3) is 3.92. The molecule has 1 fully saturated rings. The largest absolute Gasteiger partial charge is 0.296 e. The molecule has 0 radical (unpaired) electrons. The van der Waals surface area contributed by atoms with Crippen LogP contribution in [0.3, 0.4) is 0 Å². The minimum atomic E-state index is 0.244. The Balaban J connectivity index is 1.93. The number of rotatable bonds is 5.